The number of amides is 3. The van der Waals surface area contributed by atoms with Crippen LogP contribution in [0.25, 0.3) is 11.3 Å². The average Bonchev–Trinajstić information content (AvgIpc) is 3.32. The lowest BCUT2D eigenvalue weighted by Crippen LogP contribution is -2.41. The molecule has 0 spiro atoms. The van der Waals surface area contributed by atoms with Crippen molar-refractivity contribution in [3.8, 4) is 17.0 Å². The summed E-state index contributed by atoms with van der Waals surface area (Å²) in [5.41, 5.74) is 0.637. The maximum atomic E-state index is 14.4. The van der Waals surface area contributed by atoms with Crippen LogP contribution >= 0.6 is 22.6 Å². The molecule has 2 fully saturated rings. The van der Waals surface area contributed by atoms with Gasteiger partial charge in [-0.1, -0.05) is 12.1 Å². The third kappa shape index (κ3) is 3.86. The molecular formula is C23H20FIN4O4. The van der Waals surface area contributed by atoms with E-state index in [-0.39, 0.29) is 24.9 Å². The molecule has 8 nitrogen and oxygen atoms in total. The number of aliphatic hydroxyl groups is 1. The molecule has 1 atom stereocenters. The second kappa shape index (κ2) is 8.41. The minimum Gasteiger partial charge on any atom is -0.491 e. The predicted molar refractivity (Wildman–Crippen MR) is 125 cm³/mol. The van der Waals surface area contributed by atoms with Gasteiger partial charge in [0.15, 0.2) is 0 Å². The van der Waals surface area contributed by atoms with E-state index in [9.17, 15) is 14.0 Å². The Kier molecular flexibility index (Phi) is 5.57. The van der Waals surface area contributed by atoms with E-state index < -0.39 is 17.6 Å². The lowest BCUT2D eigenvalue weighted by molar-refractivity contribution is -0.130. The van der Waals surface area contributed by atoms with Crippen LogP contribution < -0.4 is 10.1 Å². The molecule has 3 aromatic rings. The Morgan fingerprint density at radius 1 is 1.21 bits per heavy atom. The molecule has 3 N–H and O–H groups in total. The lowest BCUT2D eigenvalue weighted by Gasteiger charge is -2.23. The monoisotopic (exact) mass is 562 g/mol. The number of rotatable bonds is 7. The summed E-state index contributed by atoms with van der Waals surface area (Å²) in [4.78, 5) is 34.9. The number of hydrogen-bond donors (Lipinski definition) is 3. The number of H-pyrrole nitrogens is 1. The quantitative estimate of drug-likeness (QED) is 0.302. The molecule has 1 aliphatic carbocycles. The van der Waals surface area contributed by atoms with Gasteiger partial charge < -0.3 is 20.1 Å². The third-order valence-corrected chi connectivity index (χ3v) is 6.57. The minimum atomic E-state index is -0.863. The summed E-state index contributed by atoms with van der Waals surface area (Å²) >= 11 is 2.04. The van der Waals surface area contributed by atoms with Crippen molar-refractivity contribution < 1.29 is 23.8 Å². The minimum absolute atomic E-state index is 0.0966. The topological polar surface area (TPSA) is 108 Å². The molecule has 3 amide bonds. The average molecular weight is 562 g/mol. The van der Waals surface area contributed by atoms with E-state index >= 15 is 0 Å². The Bertz CT molecular complexity index is 1230. The van der Waals surface area contributed by atoms with Crippen LogP contribution in [0, 0.1) is 9.39 Å². The van der Waals surface area contributed by atoms with Crippen LogP contribution in [0.3, 0.4) is 0 Å². The number of imidazole rings is 1. The van der Waals surface area contributed by atoms with E-state index in [0.29, 0.717) is 41.2 Å². The predicted octanol–water partition coefficient (Wildman–Crippen LogP) is 3.47. The fourth-order valence-electron chi connectivity index (χ4n) is 4.12. The first-order valence-electron chi connectivity index (χ1n) is 10.4. The SMILES string of the molecule is O=C1NC(c2ccc(OCCO)cc2)C(=O)N1C1(c2ncc(-c3ccc(I)cc3F)[nH]2)CC1. The van der Waals surface area contributed by atoms with E-state index in [4.69, 9.17) is 9.84 Å². The number of urea groups is 1. The summed E-state index contributed by atoms with van der Waals surface area (Å²) in [6, 6.07) is 10.4. The maximum absolute atomic E-state index is 14.4. The standard InChI is InChI=1S/C23H20FIN4O4/c24-17-11-14(25)3-6-16(17)18-12-26-21(27-18)23(7-8-23)29-20(31)19(28-22(29)32)13-1-4-15(5-2-13)33-10-9-30/h1-6,11-12,19,30H,7-10H2,(H,26,27)(H,28,32). The van der Waals surface area contributed by atoms with Gasteiger partial charge in [0.25, 0.3) is 5.91 Å². The number of ether oxygens (including phenoxy) is 1. The van der Waals surface area contributed by atoms with Crippen LogP contribution in [-0.2, 0) is 10.3 Å². The van der Waals surface area contributed by atoms with Crippen LogP contribution in [0.15, 0.2) is 48.7 Å². The number of aromatic nitrogens is 2. The Hall–Kier alpha value is -2.99. The van der Waals surface area contributed by atoms with Crippen molar-refractivity contribution in [1.82, 2.24) is 20.2 Å². The largest absolute Gasteiger partial charge is 0.491 e. The van der Waals surface area contributed by atoms with Gasteiger partial charge in [0.05, 0.1) is 18.5 Å². The molecule has 1 saturated heterocycles. The molecule has 0 radical (unpaired) electrons. The zero-order chi connectivity index (χ0) is 23.2. The molecule has 1 aromatic heterocycles. The molecule has 2 aromatic carbocycles. The molecule has 1 unspecified atom stereocenters. The lowest BCUT2D eigenvalue weighted by atomic mass is 10.1. The van der Waals surface area contributed by atoms with Crippen molar-refractivity contribution >= 4 is 34.5 Å². The van der Waals surface area contributed by atoms with Gasteiger partial charge in [0, 0.05) is 9.13 Å². The highest BCUT2D eigenvalue weighted by molar-refractivity contribution is 14.1. The third-order valence-electron chi connectivity index (χ3n) is 5.90. The van der Waals surface area contributed by atoms with Crippen molar-refractivity contribution in [3.63, 3.8) is 0 Å². The van der Waals surface area contributed by atoms with Crippen LogP contribution in [0.5, 0.6) is 5.75 Å². The molecular weight excluding hydrogens is 542 g/mol. The Morgan fingerprint density at radius 2 is 1.97 bits per heavy atom. The molecule has 0 bridgehead atoms. The van der Waals surface area contributed by atoms with Crippen LogP contribution in [0.2, 0.25) is 0 Å². The van der Waals surface area contributed by atoms with Gasteiger partial charge in [0.1, 0.15) is 35.6 Å². The molecule has 5 rings (SSSR count). The Morgan fingerprint density at radius 3 is 2.64 bits per heavy atom. The zero-order valence-electron chi connectivity index (χ0n) is 17.3. The van der Waals surface area contributed by atoms with Crippen LogP contribution in [0.4, 0.5) is 9.18 Å². The first-order valence-corrected chi connectivity index (χ1v) is 11.5. The van der Waals surface area contributed by atoms with Crippen molar-refractivity contribution in [1.29, 1.82) is 0 Å². The number of nitrogens with zero attached hydrogens (tertiary/aromatic N) is 2. The first-order chi connectivity index (χ1) is 15.9. The highest BCUT2D eigenvalue weighted by Gasteiger charge is 2.60. The van der Waals surface area contributed by atoms with E-state index in [2.05, 4.69) is 15.3 Å². The molecule has 10 heteroatoms. The fourth-order valence-corrected chi connectivity index (χ4v) is 4.57. The first kappa shape index (κ1) is 21.8. The molecule has 2 heterocycles. The van der Waals surface area contributed by atoms with Gasteiger partial charge in [-0.15, -0.1) is 0 Å². The van der Waals surface area contributed by atoms with Crippen LogP contribution in [0.1, 0.15) is 30.3 Å². The van der Waals surface area contributed by atoms with Gasteiger partial charge in [-0.3, -0.25) is 4.79 Å². The molecule has 170 valence electrons. The second-order valence-electron chi connectivity index (χ2n) is 8.00. The summed E-state index contributed by atoms with van der Waals surface area (Å²) in [6.07, 6.45) is 2.69. The number of aromatic amines is 1. The van der Waals surface area contributed by atoms with Crippen molar-refractivity contribution in [2.75, 3.05) is 13.2 Å². The van der Waals surface area contributed by atoms with Crippen molar-refractivity contribution in [2.24, 2.45) is 0 Å². The summed E-state index contributed by atoms with van der Waals surface area (Å²) in [5, 5.41) is 11.6. The number of aliphatic hydroxyl groups excluding tert-OH is 1. The van der Waals surface area contributed by atoms with Gasteiger partial charge in [-0.2, -0.15) is 0 Å². The van der Waals surface area contributed by atoms with E-state index in [1.165, 1.54) is 17.2 Å². The normalized spacial score (nSPS) is 19.0. The zero-order valence-corrected chi connectivity index (χ0v) is 19.5. The smallest absolute Gasteiger partial charge is 0.326 e. The number of carbonyl (C=O) groups excluding carboxylic acids is 2. The van der Waals surface area contributed by atoms with Gasteiger partial charge >= 0.3 is 6.03 Å². The summed E-state index contributed by atoms with van der Waals surface area (Å²) in [7, 11) is 0. The van der Waals surface area contributed by atoms with E-state index in [1.807, 2.05) is 22.6 Å². The van der Waals surface area contributed by atoms with Gasteiger partial charge in [-0.25, -0.2) is 19.1 Å². The second-order valence-corrected chi connectivity index (χ2v) is 9.24. The highest BCUT2D eigenvalue weighted by Crippen LogP contribution is 2.52. The molecule has 1 saturated carbocycles. The van der Waals surface area contributed by atoms with E-state index in [1.54, 1.807) is 36.4 Å². The number of imide groups is 1. The van der Waals surface area contributed by atoms with E-state index in [0.717, 1.165) is 3.57 Å². The molecule has 2 aliphatic rings. The number of nitrogens with one attached hydrogen (secondary N) is 2. The Balaban J connectivity index is 1.39. The number of hydrogen-bond acceptors (Lipinski definition) is 5. The Labute approximate surface area is 202 Å². The number of halogens is 2. The summed E-state index contributed by atoms with van der Waals surface area (Å²) in [6.45, 7) is 0.0761. The summed E-state index contributed by atoms with van der Waals surface area (Å²) in [5.74, 6) is 0.293. The van der Waals surface area contributed by atoms with Crippen molar-refractivity contribution in [2.45, 2.75) is 24.4 Å². The maximum Gasteiger partial charge on any atom is 0.326 e. The number of carbonyl (C=O) groups is 2. The highest BCUT2D eigenvalue weighted by atomic mass is 127. The molecule has 33 heavy (non-hydrogen) atoms. The van der Waals surface area contributed by atoms with Gasteiger partial charge in [-0.05, 0) is 71.3 Å². The number of benzene rings is 2. The summed E-state index contributed by atoms with van der Waals surface area (Å²) < 4.78 is 20.5. The van der Waals surface area contributed by atoms with Crippen LogP contribution in [-0.4, -0.2) is 45.1 Å². The fraction of sp³-hybridized carbons (Fsp3) is 0.261. The van der Waals surface area contributed by atoms with Crippen molar-refractivity contribution in [3.05, 3.63) is 69.4 Å². The van der Waals surface area contributed by atoms with Gasteiger partial charge in [0.2, 0.25) is 0 Å². The molecule has 1 aliphatic heterocycles.